The number of ether oxygens (including phenoxy) is 2. The second-order valence-electron chi connectivity index (χ2n) is 5.78. The normalized spacial score (nSPS) is 10.3. The number of hydrogen-bond donors (Lipinski definition) is 1. The molecule has 8 heteroatoms. The number of carbonyl (C=O) groups is 2. The minimum atomic E-state index is -0.960. The van der Waals surface area contributed by atoms with Gasteiger partial charge in [0.15, 0.2) is 12.4 Å². The van der Waals surface area contributed by atoms with E-state index in [9.17, 15) is 18.4 Å². The summed E-state index contributed by atoms with van der Waals surface area (Å²) in [5.74, 6) is -2.54. The maximum atomic E-state index is 13.8. The van der Waals surface area contributed by atoms with Crippen LogP contribution in [-0.2, 0) is 9.53 Å². The van der Waals surface area contributed by atoms with Crippen LogP contribution < -0.4 is 10.1 Å². The molecular weight excluding hydrogens is 448 g/mol. The van der Waals surface area contributed by atoms with Crippen molar-refractivity contribution in [3.8, 4) is 11.5 Å². The van der Waals surface area contributed by atoms with Crippen LogP contribution in [0.4, 0.5) is 14.5 Å². The summed E-state index contributed by atoms with van der Waals surface area (Å²) >= 11 is 2.97. The number of nitrogens with one attached hydrogen (secondary N) is 1. The molecule has 0 aliphatic rings. The highest BCUT2D eigenvalue weighted by Gasteiger charge is 2.17. The lowest BCUT2D eigenvalue weighted by Gasteiger charge is -2.12. The van der Waals surface area contributed by atoms with Crippen molar-refractivity contribution in [3.05, 3.63) is 88.4 Å². The topological polar surface area (TPSA) is 64.6 Å². The van der Waals surface area contributed by atoms with E-state index in [1.807, 2.05) is 6.07 Å². The van der Waals surface area contributed by atoms with Crippen LogP contribution in [0.25, 0.3) is 0 Å². The van der Waals surface area contributed by atoms with E-state index in [2.05, 4.69) is 21.2 Å². The van der Waals surface area contributed by atoms with Gasteiger partial charge in [0.25, 0.3) is 5.91 Å². The Hall–Kier alpha value is -3.26. The number of esters is 1. The van der Waals surface area contributed by atoms with Crippen molar-refractivity contribution >= 4 is 33.5 Å². The third-order valence-corrected chi connectivity index (χ3v) is 4.31. The van der Waals surface area contributed by atoms with Gasteiger partial charge in [0.05, 0.1) is 5.69 Å². The summed E-state index contributed by atoms with van der Waals surface area (Å²) in [6, 6.07) is 16.9. The minimum Gasteiger partial charge on any atom is -0.456 e. The number of carbonyl (C=O) groups excluding carboxylic acids is 2. The Morgan fingerprint density at radius 1 is 0.966 bits per heavy atom. The number of benzene rings is 3. The molecule has 0 aromatic heterocycles. The van der Waals surface area contributed by atoms with Gasteiger partial charge in [-0.2, -0.15) is 0 Å². The largest absolute Gasteiger partial charge is 0.456 e. The first-order chi connectivity index (χ1) is 13.9. The van der Waals surface area contributed by atoms with Gasteiger partial charge in [0.1, 0.15) is 22.9 Å². The molecule has 1 N–H and O–H groups in total. The average Bonchev–Trinajstić information content (AvgIpc) is 2.70. The highest BCUT2D eigenvalue weighted by atomic mass is 79.9. The fraction of sp³-hybridized carbons (Fsp3) is 0.0476. The monoisotopic (exact) mass is 461 g/mol. The smallest absolute Gasteiger partial charge is 0.342 e. The molecule has 1 amide bonds. The molecule has 0 saturated carbocycles. The molecule has 0 atom stereocenters. The zero-order valence-corrected chi connectivity index (χ0v) is 16.4. The first-order valence-electron chi connectivity index (χ1n) is 8.37. The maximum absolute atomic E-state index is 13.8. The lowest BCUT2D eigenvalue weighted by Crippen LogP contribution is -2.22. The molecular formula is C21H14BrF2NO4. The number of para-hydroxylation sites is 2. The summed E-state index contributed by atoms with van der Waals surface area (Å²) in [7, 11) is 0. The molecule has 29 heavy (non-hydrogen) atoms. The predicted molar refractivity (Wildman–Crippen MR) is 106 cm³/mol. The molecule has 0 spiro atoms. The highest BCUT2D eigenvalue weighted by Crippen LogP contribution is 2.27. The van der Waals surface area contributed by atoms with E-state index in [1.165, 1.54) is 6.07 Å². The Kier molecular flexibility index (Phi) is 6.56. The van der Waals surface area contributed by atoms with E-state index in [-0.39, 0.29) is 21.5 Å². The lowest BCUT2D eigenvalue weighted by molar-refractivity contribution is -0.119. The van der Waals surface area contributed by atoms with E-state index in [4.69, 9.17) is 9.47 Å². The first-order valence-corrected chi connectivity index (χ1v) is 9.17. The van der Waals surface area contributed by atoms with Crippen LogP contribution in [0.2, 0.25) is 0 Å². The van der Waals surface area contributed by atoms with Crippen LogP contribution in [0.3, 0.4) is 0 Å². The molecule has 3 aromatic carbocycles. The summed E-state index contributed by atoms with van der Waals surface area (Å²) in [4.78, 5) is 24.4. The van der Waals surface area contributed by atoms with Crippen LogP contribution in [0.1, 0.15) is 10.4 Å². The summed E-state index contributed by atoms with van der Waals surface area (Å²) in [5, 5.41) is 2.23. The number of amides is 1. The van der Waals surface area contributed by atoms with Gasteiger partial charge in [-0.15, -0.1) is 0 Å². The van der Waals surface area contributed by atoms with Crippen molar-refractivity contribution in [3.63, 3.8) is 0 Å². The summed E-state index contributed by atoms with van der Waals surface area (Å²) < 4.78 is 37.6. The SMILES string of the molecule is O=C(COC(=O)c1ccccc1Oc1ccccc1)Nc1c(F)cc(F)cc1Br. The molecule has 3 rings (SSSR count). The second kappa shape index (κ2) is 9.29. The molecule has 5 nitrogen and oxygen atoms in total. The number of hydrogen-bond acceptors (Lipinski definition) is 4. The van der Waals surface area contributed by atoms with Gasteiger partial charge in [-0.1, -0.05) is 30.3 Å². The molecule has 0 aliphatic heterocycles. The van der Waals surface area contributed by atoms with Crippen LogP contribution in [0, 0.1) is 11.6 Å². The molecule has 148 valence electrons. The fourth-order valence-corrected chi connectivity index (χ4v) is 2.89. The van der Waals surface area contributed by atoms with Crippen molar-refractivity contribution in [1.82, 2.24) is 0 Å². The quantitative estimate of drug-likeness (QED) is 0.504. The Labute approximate surface area is 173 Å². The van der Waals surface area contributed by atoms with E-state index < -0.39 is 30.1 Å². The molecule has 0 radical (unpaired) electrons. The van der Waals surface area contributed by atoms with Crippen molar-refractivity contribution < 1.29 is 27.8 Å². The molecule has 0 fully saturated rings. The van der Waals surface area contributed by atoms with E-state index >= 15 is 0 Å². The van der Waals surface area contributed by atoms with Crippen molar-refractivity contribution in [2.24, 2.45) is 0 Å². The summed E-state index contributed by atoms with van der Waals surface area (Å²) in [5.41, 5.74) is -0.126. The Bertz CT molecular complexity index is 1020. The second-order valence-corrected chi connectivity index (χ2v) is 6.63. The average molecular weight is 462 g/mol. The van der Waals surface area contributed by atoms with Gasteiger partial charge in [-0.05, 0) is 46.3 Å². The van der Waals surface area contributed by atoms with E-state index in [1.54, 1.807) is 42.5 Å². The van der Waals surface area contributed by atoms with Gasteiger partial charge in [-0.25, -0.2) is 13.6 Å². The fourth-order valence-electron chi connectivity index (χ4n) is 2.39. The lowest BCUT2D eigenvalue weighted by atomic mass is 10.2. The molecule has 0 unspecified atom stereocenters. The highest BCUT2D eigenvalue weighted by molar-refractivity contribution is 9.10. The number of halogens is 3. The van der Waals surface area contributed by atoms with Crippen LogP contribution in [-0.4, -0.2) is 18.5 Å². The first kappa shape index (κ1) is 20.5. The Morgan fingerprint density at radius 3 is 2.38 bits per heavy atom. The van der Waals surface area contributed by atoms with Gasteiger partial charge in [0, 0.05) is 10.5 Å². The van der Waals surface area contributed by atoms with Gasteiger partial charge in [0.2, 0.25) is 0 Å². The van der Waals surface area contributed by atoms with Crippen molar-refractivity contribution in [2.75, 3.05) is 11.9 Å². The summed E-state index contributed by atoms with van der Waals surface area (Å²) in [6.45, 7) is -0.665. The van der Waals surface area contributed by atoms with Gasteiger partial charge < -0.3 is 14.8 Å². The zero-order chi connectivity index (χ0) is 20.8. The molecule has 0 saturated heterocycles. The molecule has 3 aromatic rings. The molecule has 0 bridgehead atoms. The van der Waals surface area contributed by atoms with Gasteiger partial charge in [-0.3, -0.25) is 4.79 Å². The number of rotatable bonds is 6. The van der Waals surface area contributed by atoms with Gasteiger partial charge >= 0.3 is 5.97 Å². The third kappa shape index (κ3) is 5.39. The van der Waals surface area contributed by atoms with Crippen LogP contribution in [0.15, 0.2) is 71.2 Å². The summed E-state index contributed by atoms with van der Waals surface area (Å²) in [6.07, 6.45) is 0. The molecule has 0 heterocycles. The predicted octanol–water partition coefficient (Wildman–Crippen LogP) is 5.32. The Balaban J connectivity index is 1.65. The standard InChI is InChI=1S/C21H14BrF2NO4/c22-16-10-13(23)11-17(24)20(16)25-19(26)12-28-21(27)15-8-4-5-9-18(15)29-14-6-2-1-3-7-14/h1-11H,12H2,(H,25,26). The minimum absolute atomic E-state index is 0.0243. The Morgan fingerprint density at radius 2 is 1.66 bits per heavy atom. The van der Waals surface area contributed by atoms with Crippen molar-refractivity contribution in [2.45, 2.75) is 0 Å². The number of anilines is 1. The van der Waals surface area contributed by atoms with Crippen LogP contribution in [0.5, 0.6) is 11.5 Å². The van der Waals surface area contributed by atoms with E-state index in [0.29, 0.717) is 11.8 Å². The van der Waals surface area contributed by atoms with E-state index in [0.717, 1.165) is 6.07 Å². The zero-order valence-electron chi connectivity index (χ0n) is 14.8. The maximum Gasteiger partial charge on any atom is 0.342 e. The molecule has 0 aliphatic carbocycles. The van der Waals surface area contributed by atoms with Crippen LogP contribution >= 0.6 is 15.9 Å². The third-order valence-electron chi connectivity index (χ3n) is 3.68. The van der Waals surface area contributed by atoms with Crippen molar-refractivity contribution in [1.29, 1.82) is 0 Å².